The Morgan fingerprint density at radius 3 is 3.20 bits per heavy atom. The van der Waals surface area contributed by atoms with Gasteiger partial charge in [-0.25, -0.2) is 0 Å². The summed E-state index contributed by atoms with van der Waals surface area (Å²) in [5, 5.41) is 2.93. The lowest BCUT2D eigenvalue weighted by atomic mass is 10.0. The van der Waals surface area contributed by atoms with Crippen LogP contribution in [0.2, 0.25) is 0 Å². The molecule has 1 aliphatic heterocycles. The van der Waals surface area contributed by atoms with Crippen molar-refractivity contribution in [3.8, 4) is 0 Å². The maximum atomic E-state index is 11.9. The molecule has 4 nitrogen and oxygen atoms in total. The van der Waals surface area contributed by atoms with Gasteiger partial charge < -0.3 is 15.0 Å². The van der Waals surface area contributed by atoms with Crippen LogP contribution in [-0.2, 0) is 9.53 Å². The third-order valence-electron chi connectivity index (χ3n) is 3.48. The first-order chi connectivity index (χ1) is 7.33. The van der Waals surface area contributed by atoms with Gasteiger partial charge >= 0.3 is 0 Å². The molecule has 0 aromatic heterocycles. The molecule has 2 atom stereocenters. The number of amides is 1. The molecule has 15 heavy (non-hydrogen) atoms. The highest BCUT2D eigenvalue weighted by molar-refractivity contribution is 5.78. The molecule has 0 spiro atoms. The van der Waals surface area contributed by atoms with Crippen molar-refractivity contribution in [1.29, 1.82) is 0 Å². The van der Waals surface area contributed by atoms with Gasteiger partial charge in [0.05, 0.1) is 19.8 Å². The summed E-state index contributed by atoms with van der Waals surface area (Å²) in [6.45, 7) is 2.75. The lowest BCUT2D eigenvalue weighted by Gasteiger charge is -2.29. The maximum absolute atomic E-state index is 11.9. The van der Waals surface area contributed by atoms with Crippen LogP contribution < -0.4 is 5.32 Å². The highest BCUT2D eigenvalue weighted by Gasteiger charge is 2.35. The number of likely N-dealkylation sites (N-methyl/N-ethyl adjacent to an activating group) is 1. The van der Waals surface area contributed by atoms with Gasteiger partial charge in [0.25, 0.3) is 0 Å². The molecule has 0 bridgehead atoms. The van der Waals surface area contributed by atoms with Crippen molar-refractivity contribution in [3.63, 3.8) is 0 Å². The van der Waals surface area contributed by atoms with Crippen molar-refractivity contribution >= 4 is 5.91 Å². The fraction of sp³-hybridized carbons (Fsp3) is 0.909. The molecule has 1 heterocycles. The van der Waals surface area contributed by atoms with Gasteiger partial charge in [-0.3, -0.25) is 4.79 Å². The second-order valence-electron chi connectivity index (χ2n) is 4.45. The smallest absolute Gasteiger partial charge is 0.236 e. The zero-order valence-electron chi connectivity index (χ0n) is 9.37. The maximum Gasteiger partial charge on any atom is 0.236 e. The third kappa shape index (κ3) is 2.32. The van der Waals surface area contributed by atoms with Gasteiger partial charge in [-0.05, 0) is 19.9 Å². The molecular formula is C11H20N2O2. The fourth-order valence-corrected chi connectivity index (χ4v) is 2.75. The minimum atomic E-state index is 0.222. The van der Waals surface area contributed by atoms with Gasteiger partial charge in [-0.15, -0.1) is 0 Å². The number of carbonyl (C=O) groups excluding carboxylic acids is 1. The molecule has 86 valence electrons. The van der Waals surface area contributed by atoms with Crippen LogP contribution in [0.25, 0.3) is 0 Å². The van der Waals surface area contributed by atoms with Crippen molar-refractivity contribution in [2.45, 2.75) is 25.3 Å². The van der Waals surface area contributed by atoms with Gasteiger partial charge in [0.15, 0.2) is 0 Å². The van der Waals surface area contributed by atoms with Crippen LogP contribution in [0.4, 0.5) is 0 Å². The van der Waals surface area contributed by atoms with Gasteiger partial charge in [-0.2, -0.15) is 0 Å². The molecule has 1 aliphatic carbocycles. The molecule has 0 aromatic rings. The average molecular weight is 212 g/mol. The summed E-state index contributed by atoms with van der Waals surface area (Å²) in [5.74, 6) is 0.799. The summed E-state index contributed by atoms with van der Waals surface area (Å²) in [4.78, 5) is 13.9. The van der Waals surface area contributed by atoms with Gasteiger partial charge in [0.2, 0.25) is 5.91 Å². The van der Waals surface area contributed by atoms with E-state index in [0.29, 0.717) is 25.1 Å². The number of ether oxygens (including phenoxy) is 1. The van der Waals surface area contributed by atoms with E-state index < -0.39 is 0 Å². The number of rotatable bonds is 2. The first-order valence-corrected chi connectivity index (χ1v) is 5.84. The van der Waals surface area contributed by atoms with Crippen LogP contribution in [-0.4, -0.2) is 50.2 Å². The van der Waals surface area contributed by atoms with Crippen LogP contribution in [0.5, 0.6) is 0 Å². The average Bonchev–Trinajstić information content (AvgIpc) is 2.58. The molecule has 0 aromatic carbocycles. The lowest BCUT2D eigenvalue weighted by Crippen LogP contribution is -2.45. The van der Waals surface area contributed by atoms with E-state index in [2.05, 4.69) is 5.32 Å². The standard InChI is InChI=1S/C11H20N2O2/c1-12-7-11(14)13-5-6-15-8-9-3-2-4-10(9)13/h9-10,12H,2-8H2,1H3. The number of hydrogen-bond donors (Lipinski definition) is 1. The molecular weight excluding hydrogens is 192 g/mol. The largest absolute Gasteiger partial charge is 0.379 e. The van der Waals surface area contributed by atoms with Crippen molar-refractivity contribution in [2.24, 2.45) is 5.92 Å². The highest BCUT2D eigenvalue weighted by Crippen LogP contribution is 2.31. The second kappa shape index (κ2) is 4.94. The lowest BCUT2D eigenvalue weighted by molar-refractivity contribution is -0.132. The first kappa shape index (κ1) is 10.9. The van der Waals surface area contributed by atoms with E-state index in [4.69, 9.17) is 4.74 Å². The molecule has 1 saturated heterocycles. The molecule has 1 amide bonds. The zero-order chi connectivity index (χ0) is 10.7. The Morgan fingerprint density at radius 2 is 2.40 bits per heavy atom. The Labute approximate surface area is 91.0 Å². The number of nitrogens with zero attached hydrogens (tertiary/aromatic N) is 1. The summed E-state index contributed by atoms with van der Waals surface area (Å²) in [5.41, 5.74) is 0. The van der Waals surface area contributed by atoms with Crippen molar-refractivity contribution in [3.05, 3.63) is 0 Å². The Kier molecular flexibility index (Phi) is 3.59. The van der Waals surface area contributed by atoms with Crippen molar-refractivity contribution in [1.82, 2.24) is 10.2 Å². The Balaban J connectivity index is 2.03. The summed E-state index contributed by atoms with van der Waals surface area (Å²) in [6, 6.07) is 0.438. The van der Waals surface area contributed by atoms with Crippen LogP contribution in [0.1, 0.15) is 19.3 Å². The molecule has 1 saturated carbocycles. The minimum absolute atomic E-state index is 0.222. The van der Waals surface area contributed by atoms with E-state index >= 15 is 0 Å². The normalized spacial score (nSPS) is 31.1. The van der Waals surface area contributed by atoms with Crippen LogP contribution >= 0.6 is 0 Å². The van der Waals surface area contributed by atoms with Crippen LogP contribution in [0, 0.1) is 5.92 Å². The van der Waals surface area contributed by atoms with E-state index in [9.17, 15) is 4.79 Å². The molecule has 4 heteroatoms. The predicted octanol–water partition coefficient (Wildman–Crippen LogP) is 0.233. The zero-order valence-corrected chi connectivity index (χ0v) is 9.37. The van der Waals surface area contributed by atoms with Crippen molar-refractivity contribution < 1.29 is 9.53 Å². The van der Waals surface area contributed by atoms with E-state index in [1.807, 2.05) is 11.9 Å². The van der Waals surface area contributed by atoms with E-state index in [0.717, 1.165) is 19.6 Å². The van der Waals surface area contributed by atoms with Crippen molar-refractivity contribution in [2.75, 3.05) is 33.4 Å². The highest BCUT2D eigenvalue weighted by atomic mass is 16.5. The number of carbonyl (C=O) groups is 1. The molecule has 2 rings (SSSR count). The van der Waals surface area contributed by atoms with Crippen LogP contribution in [0.3, 0.4) is 0 Å². The Morgan fingerprint density at radius 1 is 1.53 bits per heavy atom. The number of hydrogen-bond acceptors (Lipinski definition) is 3. The molecule has 2 fully saturated rings. The Hall–Kier alpha value is -0.610. The summed E-state index contributed by atoms with van der Waals surface area (Å²) in [6.07, 6.45) is 3.61. The quantitative estimate of drug-likeness (QED) is 0.712. The number of nitrogens with one attached hydrogen (secondary N) is 1. The van der Waals surface area contributed by atoms with Gasteiger partial charge in [0, 0.05) is 18.5 Å². The second-order valence-corrected chi connectivity index (χ2v) is 4.45. The Bertz CT molecular complexity index is 233. The van der Waals surface area contributed by atoms with E-state index in [1.165, 1.54) is 12.8 Å². The minimum Gasteiger partial charge on any atom is -0.379 e. The third-order valence-corrected chi connectivity index (χ3v) is 3.48. The first-order valence-electron chi connectivity index (χ1n) is 5.84. The van der Waals surface area contributed by atoms with Gasteiger partial charge in [0.1, 0.15) is 0 Å². The molecule has 2 unspecified atom stereocenters. The predicted molar refractivity (Wildman–Crippen MR) is 57.6 cm³/mol. The van der Waals surface area contributed by atoms with Crippen LogP contribution in [0.15, 0.2) is 0 Å². The molecule has 0 radical (unpaired) electrons. The molecule has 2 aliphatic rings. The monoisotopic (exact) mass is 212 g/mol. The summed E-state index contributed by atoms with van der Waals surface area (Å²) >= 11 is 0. The summed E-state index contributed by atoms with van der Waals surface area (Å²) < 4.78 is 5.55. The molecule has 1 N–H and O–H groups in total. The van der Waals surface area contributed by atoms with E-state index in [1.54, 1.807) is 0 Å². The SMILES string of the molecule is CNCC(=O)N1CCOCC2CCCC21. The fourth-order valence-electron chi connectivity index (χ4n) is 2.75. The van der Waals surface area contributed by atoms with E-state index in [-0.39, 0.29) is 5.91 Å². The van der Waals surface area contributed by atoms with Gasteiger partial charge in [-0.1, -0.05) is 6.42 Å². The topological polar surface area (TPSA) is 41.6 Å². The number of fused-ring (bicyclic) bond motifs is 1. The summed E-state index contributed by atoms with van der Waals surface area (Å²) in [7, 11) is 1.82.